The van der Waals surface area contributed by atoms with Gasteiger partial charge in [-0.3, -0.25) is 4.31 Å². The number of aromatic nitrogens is 4. The number of rotatable bonds is 3. The number of imidazole rings is 1. The van der Waals surface area contributed by atoms with Crippen LogP contribution in [0, 0.1) is 0 Å². The third-order valence-corrected chi connectivity index (χ3v) is 8.59. The van der Waals surface area contributed by atoms with Crippen molar-refractivity contribution in [3.8, 4) is 39.6 Å². The van der Waals surface area contributed by atoms with Gasteiger partial charge in [0.2, 0.25) is 0 Å². The van der Waals surface area contributed by atoms with Crippen LogP contribution in [0.2, 0.25) is 0 Å². The Labute approximate surface area is 213 Å². The van der Waals surface area contributed by atoms with Gasteiger partial charge in [-0.25, -0.2) is 18.1 Å². The molecule has 0 atom stereocenters. The van der Waals surface area contributed by atoms with Crippen molar-refractivity contribution >= 4 is 26.7 Å². The van der Waals surface area contributed by atoms with E-state index in [1.807, 2.05) is 95.7 Å². The van der Waals surface area contributed by atoms with Gasteiger partial charge < -0.3 is 4.98 Å². The van der Waals surface area contributed by atoms with Gasteiger partial charge in [0.1, 0.15) is 17.2 Å². The zero-order valence-corrected chi connectivity index (χ0v) is 20.6. The summed E-state index contributed by atoms with van der Waals surface area (Å²) < 4.78 is 30.1. The van der Waals surface area contributed by atoms with Gasteiger partial charge in [0.25, 0.3) is 10.0 Å². The number of fused-ring (bicyclic) bond motifs is 4. The second-order valence-corrected chi connectivity index (χ2v) is 10.9. The first-order valence-corrected chi connectivity index (χ1v) is 13.3. The fourth-order valence-electron chi connectivity index (χ4n) is 4.94. The van der Waals surface area contributed by atoms with Crippen molar-refractivity contribution in [3.63, 3.8) is 0 Å². The highest BCUT2D eigenvalue weighted by Gasteiger charge is 2.38. The number of benzene rings is 4. The summed E-state index contributed by atoms with van der Waals surface area (Å²) in [6.07, 6.45) is 0. The Morgan fingerprint density at radius 3 is 2.24 bits per heavy atom. The molecule has 0 radical (unpaired) electrons. The van der Waals surface area contributed by atoms with Gasteiger partial charge in [0.15, 0.2) is 0 Å². The zero-order chi connectivity index (χ0) is 25.1. The summed E-state index contributed by atoms with van der Waals surface area (Å²) in [7, 11) is -2.13. The predicted octanol–water partition coefficient (Wildman–Crippen LogP) is 5.89. The molecule has 0 bridgehead atoms. The summed E-state index contributed by atoms with van der Waals surface area (Å²) in [5.41, 5.74) is 7.04. The number of nitrogens with zero attached hydrogens (tertiary/aromatic N) is 4. The minimum Gasteiger partial charge on any atom is -0.338 e. The number of H-pyrrole nitrogens is 1. The highest BCUT2D eigenvalue weighted by atomic mass is 32.2. The topological polar surface area (TPSA) is 83.9 Å². The molecule has 0 fully saturated rings. The SMILES string of the molecule is CN1c2c(nn(-c3ccc(-c4nc5ccccc5[nH]4)cc3)c2-c2ccccc2)-c2ccccc2S1(=O)=O. The van der Waals surface area contributed by atoms with Crippen LogP contribution in [0.3, 0.4) is 0 Å². The monoisotopic (exact) mass is 503 g/mol. The summed E-state index contributed by atoms with van der Waals surface area (Å²) in [6, 6.07) is 32.7. The van der Waals surface area contributed by atoms with Crippen molar-refractivity contribution in [1.29, 1.82) is 0 Å². The molecule has 0 spiro atoms. The van der Waals surface area contributed by atoms with Crippen molar-refractivity contribution < 1.29 is 8.42 Å². The van der Waals surface area contributed by atoms with E-state index in [2.05, 4.69) is 4.98 Å². The molecule has 4 aromatic carbocycles. The Morgan fingerprint density at radius 2 is 1.46 bits per heavy atom. The normalized spacial score (nSPS) is 13.9. The standard InChI is InChI=1S/C29H21N5O2S/c1-33-28-26(22-11-5-8-14-25(22)37(33,35)36)32-34(27(28)19-9-3-2-4-10-19)21-17-15-20(16-18-21)29-30-23-12-6-7-13-24(23)31-29/h2-18H,1H3,(H,30,31). The molecule has 6 aromatic rings. The number of nitrogens with one attached hydrogen (secondary N) is 1. The molecule has 1 aliphatic rings. The molecule has 37 heavy (non-hydrogen) atoms. The van der Waals surface area contributed by atoms with Crippen LogP contribution in [-0.2, 0) is 10.0 Å². The molecule has 0 saturated heterocycles. The molecule has 1 N–H and O–H groups in total. The number of aromatic amines is 1. The van der Waals surface area contributed by atoms with Crippen LogP contribution in [-0.4, -0.2) is 35.2 Å². The minimum atomic E-state index is -3.72. The van der Waals surface area contributed by atoms with Gasteiger partial charge in [0, 0.05) is 23.7 Å². The Hall–Kier alpha value is -4.69. The van der Waals surface area contributed by atoms with Crippen LogP contribution in [0.15, 0.2) is 108 Å². The summed E-state index contributed by atoms with van der Waals surface area (Å²) in [4.78, 5) is 8.33. The number of sulfonamides is 1. The lowest BCUT2D eigenvalue weighted by atomic mass is 10.1. The van der Waals surface area contributed by atoms with Crippen LogP contribution >= 0.6 is 0 Å². The Bertz CT molecular complexity index is 1870. The Morgan fingerprint density at radius 1 is 0.757 bits per heavy atom. The van der Waals surface area contributed by atoms with Crippen molar-refractivity contribution in [1.82, 2.24) is 19.7 Å². The smallest absolute Gasteiger partial charge is 0.264 e. The van der Waals surface area contributed by atoms with Gasteiger partial charge in [-0.05, 0) is 42.5 Å². The molecule has 7 nitrogen and oxygen atoms in total. The van der Waals surface area contributed by atoms with Gasteiger partial charge in [-0.15, -0.1) is 0 Å². The minimum absolute atomic E-state index is 0.259. The predicted molar refractivity (Wildman–Crippen MR) is 145 cm³/mol. The average molecular weight is 504 g/mol. The lowest BCUT2D eigenvalue weighted by Crippen LogP contribution is -2.30. The van der Waals surface area contributed by atoms with Gasteiger partial charge in [-0.1, -0.05) is 60.7 Å². The van der Waals surface area contributed by atoms with E-state index >= 15 is 0 Å². The average Bonchev–Trinajstić information content (AvgIpc) is 3.55. The van der Waals surface area contributed by atoms with E-state index in [9.17, 15) is 8.42 Å². The van der Waals surface area contributed by atoms with Crippen LogP contribution in [0.1, 0.15) is 0 Å². The molecular weight excluding hydrogens is 482 g/mol. The maximum Gasteiger partial charge on any atom is 0.264 e. The maximum atomic E-state index is 13.4. The second kappa shape index (κ2) is 7.91. The summed E-state index contributed by atoms with van der Waals surface area (Å²) in [6.45, 7) is 0. The maximum absolute atomic E-state index is 13.4. The summed E-state index contributed by atoms with van der Waals surface area (Å²) in [5.74, 6) is 0.788. The fraction of sp³-hybridized carbons (Fsp3) is 0.0345. The van der Waals surface area contributed by atoms with E-state index in [1.54, 1.807) is 19.2 Å². The number of hydrogen-bond acceptors (Lipinski definition) is 4. The third kappa shape index (κ3) is 3.23. The lowest BCUT2D eigenvalue weighted by Gasteiger charge is -2.26. The van der Waals surface area contributed by atoms with Crippen molar-refractivity contribution in [2.45, 2.75) is 4.90 Å². The van der Waals surface area contributed by atoms with Crippen LogP contribution in [0.5, 0.6) is 0 Å². The molecule has 1 aliphatic heterocycles. The molecular formula is C29H21N5O2S. The third-order valence-electron chi connectivity index (χ3n) is 6.78. The van der Waals surface area contributed by atoms with E-state index in [0.717, 1.165) is 33.7 Å². The lowest BCUT2D eigenvalue weighted by molar-refractivity contribution is 0.594. The van der Waals surface area contributed by atoms with Crippen molar-refractivity contribution in [2.24, 2.45) is 0 Å². The second-order valence-electron chi connectivity index (χ2n) is 8.94. The largest absolute Gasteiger partial charge is 0.338 e. The first-order chi connectivity index (χ1) is 18.0. The molecule has 7 rings (SSSR count). The summed E-state index contributed by atoms with van der Waals surface area (Å²) in [5, 5.41) is 4.98. The molecule has 180 valence electrons. The molecule has 0 saturated carbocycles. The summed E-state index contributed by atoms with van der Waals surface area (Å²) >= 11 is 0. The molecule has 8 heteroatoms. The van der Waals surface area contributed by atoms with E-state index in [0.29, 0.717) is 22.6 Å². The van der Waals surface area contributed by atoms with Crippen LogP contribution in [0.4, 0.5) is 5.69 Å². The van der Waals surface area contributed by atoms with Crippen molar-refractivity contribution in [3.05, 3.63) is 103 Å². The van der Waals surface area contributed by atoms with Gasteiger partial charge in [0.05, 0.1) is 27.3 Å². The fourth-order valence-corrected chi connectivity index (χ4v) is 6.34. The number of anilines is 1. The molecule has 0 unspecified atom stereocenters. The quantitative estimate of drug-likeness (QED) is 0.327. The van der Waals surface area contributed by atoms with Gasteiger partial charge >= 0.3 is 0 Å². The Kier molecular flexibility index (Phi) is 4.61. The van der Waals surface area contributed by atoms with Crippen LogP contribution < -0.4 is 4.31 Å². The van der Waals surface area contributed by atoms with Gasteiger partial charge in [-0.2, -0.15) is 5.10 Å². The van der Waals surface area contributed by atoms with E-state index in [4.69, 9.17) is 10.1 Å². The first kappa shape index (κ1) is 21.6. The molecule has 3 heterocycles. The Balaban J connectivity index is 1.43. The van der Waals surface area contributed by atoms with E-state index in [1.165, 1.54) is 4.31 Å². The number of para-hydroxylation sites is 2. The van der Waals surface area contributed by atoms with E-state index in [-0.39, 0.29) is 4.90 Å². The highest BCUT2D eigenvalue weighted by Crippen LogP contribution is 2.47. The highest BCUT2D eigenvalue weighted by molar-refractivity contribution is 7.93. The molecule has 2 aromatic heterocycles. The first-order valence-electron chi connectivity index (χ1n) is 11.8. The van der Waals surface area contributed by atoms with Crippen molar-refractivity contribution in [2.75, 3.05) is 11.4 Å². The molecule has 0 amide bonds. The number of hydrogen-bond donors (Lipinski definition) is 1. The molecule has 0 aliphatic carbocycles. The van der Waals surface area contributed by atoms with Crippen LogP contribution in [0.25, 0.3) is 50.6 Å². The zero-order valence-electron chi connectivity index (χ0n) is 19.8. The van der Waals surface area contributed by atoms with E-state index < -0.39 is 10.0 Å².